The minimum atomic E-state index is -4.42. The molecule has 4 fully saturated rings. The van der Waals surface area contributed by atoms with Gasteiger partial charge in [-0.25, -0.2) is 0 Å². The van der Waals surface area contributed by atoms with Crippen LogP contribution in [0.3, 0.4) is 0 Å². The van der Waals surface area contributed by atoms with Crippen LogP contribution in [0.2, 0.25) is 0 Å². The molecule has 3 nitrogen and oxygen atoms in total. The monoisotopic (exact) mass is 431 g/mol. The van der Waals surface area contributed by atoms with Crippen LogP contribution in [0.5, 0.6) is 5.75 Å². The molecule has 1 aromatic rings. The zero-order valence-corrected chi connectivity index (χ0v) is 15.8. The average molecular weight is 432 g/mol. The molecule has 4 bridgehead atoms. The largest absolute Gasteiger partial charge is 0.482 e. The first-order valence-electron chi connectivity index (χ1n) is 8.95. The number of alkyl halides is 4. The minimum absolute atomic E-state index is 0.0424. The number of nitrogens with one attached hydrogen (secondary N) is 1. The van der Waals surface area contributed by atoms with Gasteiger partial charge in [-0.15, -0.1) is 0 Å². The molecule has 142 valence electrons. The number of benzene rings is 1. The molecule has 4 aliphatic carbocycles. The van der Waals surface area contributed by atoms with Crippen LogP contribution in [0.25, 0.3) is 0 Å². The van der Waals surface area contributed by atoms with Crippen LogP contribution in [0, 0.1) is 17.3 Å². The maximum atomic E-state index is 13.2. The molecule has 2 unspecified atom stereocenters. The molecule has 7 heteroatoms. The lowest BCUT2D eigenvalue weighted by Crippen LogP contribution is -2.57. The van der Waals surface area contributed by atoms with E-state index < -0.39 is 18.2 Å². The molecule has 1 aromatic carbocycles. The fourth-order valence-electron chi connectivity index (χ4n) is 5.53. The van der Waals surface area contributed by atoms with Crippen LogP contribution >= 0.6 is 15.9 Å². The third-order valence-corrected chi connectivity index (χ3v) is 6.93. The number of para-hydroxylation sites is 2. The van der Waals surface area contributed by atoms with Gasteiger partial charge in [-0.1, -0.05) is 28.1 Å². The SMILES string of the molecule is O=C(Nc1ccccc1OCC(F)(F)F)C12CC3CC(CC(Br)(C3)C1)C2. The smallest absolute Gasteiger partial charge is 0.422 e. The Labute approximate surface area is 158 Å². The van der Waals surface area contributed by atoms with Gasteiger partial charge in [-0.2, -0.15) is 13.2 Å². The highest BCUT2D eigenvalue weighted by atomic mass is 79.9. The van der Waals surface area contributed by atoms with Gasteiger partial charge in [0, 0.05) is 4.32 Å². The molecule has 0 spiro atoms. The van der Waals surface area contributed by atoms with E-state index in [1.807, 2.05) is 0 Å². The van der Waals surface area contributed by atoms with Crippen LogP contribution in [-0.4, -0.2) is 23.0 Å². The molecular formula is C19H21BrF3NO2. The molecule has 0 radical (unpaired) electrons. The van der Waals surface area contributed by atoms with Gasteiger partial charge in [0.2, 0.25) is 5.91 Å². The van der Waals surface area contributed by atoms with Crippen molar-refractivity contribution in [2.75, 3.05) is 11.9 Å². The summed E-state index contributed by atoms with van der Waals surface area (Å²) in [7, 11) is 0. The Kier molecular flexibility index (Phi) is 4.29. The van der Waals surface area contributed by atoms with E-state index in [1.165, 1.54) is 12.5 Å². The predicted octanol–water partition coefficient (Wildman–Crippen LogP) is 5.30. The van der Waals surface area contributed by atoms with Crippen LogP contribution < -0.4 is 10.1 Å². The summed E-state index contributed by atoms with van der Waals surface area (Å²) in [6.07, 6.45) is 1.54. The van der Waals surface area contributed by atoms with Crippen molar-refractivity contribution in [2.45, 2.75) is 49.0 Å². The fourth-order valence-corrected chi connectivity index (χ4v) is 6.98. The van der Waals surface area contributed by atoms with Gasteiger partial charge in [0.25, 0.3) is 0 Å². The molecule has 5 rings (SSSR count). The number of hydrogen-bond acceptors (Lipinski definition) is 2. The summed E-state index contributed by atoms with van der Waals surface area (Å²) < 4.78 is 42.3. The molecule has 2 atom stereocenters. The third-order valence-electron chi connectivity index (χ3n) is 6.00. The topological polar surface area (TPSA) is 38.3 Å². The zero-order valence-electron chi connectivity index (χ0n) is 14.2. The molecule has 0 aromatic heterocycles. The van der Waals surface area contributed by atoms with E-state index in [0.717, 1.165) is 32.1 Å². The third kappa shape index (κ3) is 3.47. The van der Waals surface area contributed by atoms with Crippen molar-refractivity contribution < 1.29 is 22.7 Å². The summed E-state index contributed by atoms with van der Waals surface area (Å²) in [5, 5.41) is 2.87. The highest BCUT2D eigenvalue weighted by Crippen LogP contribution is 2.64. The van der Waals surface area contributed by atoms with E-state index >= 15 is 0 Å². The van der Waals surface area contributed by atoms with Crippen LogP contribution in [0.4, 0.5) is 18.9 Å². The molecule has 26 heavy (non-hydrogen) atoms. The summed E-state index contributed by atoms with van der Waals surface area (Å²) in [6, 6.07) is 6.32. The quantitative estimate of drug-likeness (QED) is 0.656. The number of rotatable bonds is 4. The number of halogens is 4. The molecular weight excluding hydrogens is 411 g/mol. The van der Waals surface area contributed by atoms with E-state index in [0.29, 0.717) is 17.5 Å². The van der Waals surface area contributed by atoms with Crippen molar-refractivity contribution in [3.05, 3.63) is 24.3 Å². The van der Waals surface area contributed by atoms with Gasteiger partial charge in [0.05, 0.1) is 11.1 Å². The van der Waals surface area contributed by atoms with E-state index in [-0.39, 0.29) is 16.0 Å². The Balaban J connectivity index is 1.52. The van der Waals surface area contributed by atoms with Crippen molar-refractivity contribution in [1.29, 1.82) is 0 Å². The van der Waals surface area contributed by atoms with E-state index in [4.69, 9.17) is 4.74 Å². The Morgan fingerprint density at radius 1 is 1.19 bits per heavy atom. The van der Waals surface area contributed by atoms with Gasteiger partial charge in [-0.3, -0.25) is 4.79 Å². The second kappa shape index (κ2) is 6.14. The molecule has 0 heterocycles. The number of carbonyl (C=O) groups excluding carboxylic acids is 1. The van der Waals surface area contributed by atoms with Crippen LogP contribution in [0.1, 0.15) is 38.5 Å². The lowest BCUT2D eigenvalue weighted by atomic mass is 9.49. The molecule has 4 aliphatic rings. The lowest BCUT2D eigenvalue weighted by molar-refractivity contribution is -0.153. The summed E-state index contributed by atoms with van der Waals surface area (Å²) in [5.74, 6) is 1.08. The molecule has 1 amide bonds. The van der Waals surface area contributed by atoms with Gasteiger partial charge in [0.15, 0.2) is 6.61 Å². The first kappa shape index (κ1) is 18.1. The van der Waals surface area contributed by atoms with Crippen molar-refractivity contribution in [2.24, 2.45) is 17.3 Å². The summed E-state index contributed by atoms with van der Waals surface area (Å²) in [6.45, 7) is -1.38. The van der Waals surface area contributed by atoms with Gasteiger partial charge >= 0.3 is 6.18 Å². The van der Waals surface area contributed by atoms with Gasteiger partial charge in [-0.05, 0) is 62.5 Å². The minimum Gasteiger partial charge on any atom is -0.482 e. The number of amides is 1. The summed E-state index contributed by atoms with van der Waals surface area (Å²) in [5.41, 5.74) is -0.119. The van der Waals surface area contributed by atoms with E-state index in [1.54, 1.807) is 18.2 Å². The normalized spacial score (nSPS) is 35.4. The maximum absolute atomic E-state index is 13.2. The Hall–Kier alpha value is -1.24. The average Bonchev–Trinajstić information content (AvgIpc) is 2.51. The van der Waals surface area contributed by atoms with Gasteiger partial charge < -0.3 is 10.1 Å². The standard InChI is InChI=1S/C19H21BrF3NO2/c20-18-8-12-5-13(9-18)7-17(6-12,10-18)16(25)24-14-3-1-2-4-15(14)26-11-19(21,22)23/h1-4,12-13H,5-11H2,(H,24,25). The summed E-state index contributed by atoms with van der Waals surface area (Å²) >= 11 is 3.88. The number of hydrogen-bond donors (Lipinski definition) is 1. The van der Waals surface area contributed by atoms with Crippen LogP contribution in [0.15, 0.2) is 24.3 Å². The number of carbonyl (C=O) groups is 1. The highest BCUT2D eigenvalue weighted by molar-refractivity contribution is 9.10. The fraction of sp³-hybridized carbons (Fsp3) is 0.632. The predicted molar refractivity (Wildman–Crippen MR) is 95.4 cm³/mol. The maximum Gasteiger partial charge on any atom is 0.422 e. The molecule has 0 aliphatic heterocycles. The van der Waals surface area contributed by atoms with Crippen molar-refractivity contribution in [3.63, 3.8) is 0 Å². The van der Waals surface area contributed by atoms with Gasteiger partial charge in [0.1, 0.15) is 5.75 Å². The lowest BCUT2D eigenvalue weighted by Gasteiger charge is -2.59. The van der Waals surface area contributed by atoms with Crippen molar-refractivity contribution in [3.8, 4) is 5.75 Å². The Morgan fingerprint density at radius 2 is 1.85 bits per heavy atom. The Morgan fingerprint density at radius 3 is 2.46 bits per heavy atom. The molecule has 4 saturated carbocycles. The Bertz CT molecular complexity index is 707. The second-order valence-corrected chi connectivity index (χ2v) is 9.93. The summed E-state index contributed by atoms with van der Waals surface area (Å²) in [4.78, 5) is 13.2. The van der Waals surface area contributed by atoms with Crippen molar-refractivity contribution >= 4 is 27.5 Å². The van der Waals surface area contributed by atoms with E-state index in [2.05, 4.69) is 21.2 Å². The second-order valence-electron chi connectivity index (χ2n) is 8.25. The number of ether oxygens (including phenoxy) is 1. The molecule has 0 saturated heterocycles. The van der Waals surface area contributed by atoms with E-state index in [9.17, 15) is 18.0 Å². The molecule has 1 N–H and O–H groups in total. The first-order valence-corrected chi connectivity index (χ1v) is 9.75. The first-order chi connectivity index (χ1) is 12.2. The number of anilines is 1. The zero-order chi connectivity index (χ0) is 18.6. The highest BCUT2D eigenvalue weighted by Gasteiger charge is 2.59. The van der Waals surface area contributed by atoms with Crippen LogP contribution in [-0.2, 0) is 4.79 Å². The van der Waals surface area contributed by atoms with Crippen molar-refractivity contribution in [1.82, 2.24) is 0 Å².